The van der Waals surface area contributed by atoms with Crippen molar-refractivity contribution >= 4 is 11.6 Å². The molecule has 1 heterocycles. The number of anilines is 1. The maximum atomic E-state index is 11.7. The number of carbonyl (C=O) groups excluding carboxylic acids is 1. The second-order valence-electron chi connectivity index (χ2n) is 4.46. The van der Waals surface area contributed by atoms with Crippen molar-refractivity contribution in [2.75, 3.05) is 5.73 Å². The highest BCUT2D eigenvalue weighted by Gasteiger charge is 2.10. The van der Waals surface area contributed by atoms with Gasteiger partial charge in [0.1, 0.15) is 5.69 Å². The Morgan fingerprint density at radius 2 is 1.88 bits per heavy atom. The Hall–Kier alpha value is -1.32. The fourth-order valence-electron chi connectivity index (χ4n) is 1.90. The lowest BCUT2D eigenvalue weighted by Gasteiger charge is -2.01. The highest BCUT2D eigenvalue weighted by atomic mass is 16.1. The number of rotatable bonds is 9. The third-order valence-corrected chi connectivity index (χ3v) is 2.95. The summed E-state index contributed by atoms with van der Waals surface area (Å²) in [6.07, 6.45) is 10.5. The van der Waals surface area contributed by atoms with Crippen LogP contribution in [-0.2, 0) is 0 Å². The van der Waals surface area contributed by atoms with Crippen LogP contribution in [0.3, 0.4) is 0 Å². The van der Waals surface area contributed by atoms with Crippen LogP contribution >= 0.6 is 0 Å². The first-order valence-corrected chi connectivity index (χ1v) is 6.57. The number of nitrogen functional groups attached to an aromatic ring is 1. The molecule has 17 heavy (non-hydrogen) atoms. The molecule has 0 aliphatic rings. The molecule has 4 heteroatoms. The number of ketones is 1. The van der Waals surface area contributed by atoms with E-state index in [-0.39, 0.29) is 5.78 Å². The number of nitrogens with two attached hydrogens (primary N) is 1. The summed E-state index contributed by atoms with van der Waals surface area (Å²) in [5, 5.41) is 0. The van der Waals surface area contributed by atoms with Crippen LogP contribution < -0.4 is 5.73 Å². The number of nitrogens with one attached hydrogen (secondary N) is 1. The molecule has 0 aliphatic carbocycles. The van der Waals surface area contributed by atoms with E-state index in [2.05, 4.69) is 16.9 Å². The van der Waals surface area contributed by atoms with Crippen LogP contribution in [0.15, 0.2) is 6.33 Å². The lowest BCUT2D eigenvalue weighted by Crippen LogP contribution is -2.03. The minimum atomic E-state index is 0.0774. The van der Waals surface area contributed by atoms with Gasteiger partial charge in [-0.2, -0.15) is 0 Å². The van der Waals surface area contributed by atoms with E-state index in [1.54, 1.807) is 0 Å². The zero-order chi connectivity index (χ0) is 12.5. The molecule has 1 aromatic heterocycles. The zero-order valence-corrected chi connectivity index (χ0v) is 10.7. The molecule has 0 saturated heterocycles. The van der Waals surface area contributed by atoms with Gasteiger partial charge in [-0.3, -0.25) is 4.79 Å². The van der Waals surface area contributed by atoms with Gasteiger partial charge < -0.3 is 10.7 Å². The average Bonchev–Trinajstić information content (AvgIpc) is 2.74. The average molecular weight is 237 g/mol. The van der Waals surface area contributed by atoms with Gasteiger partial charge in [0.25, 0.3) is 0 Å². The van der Waals surface area contributed by atoms with Gasteiger partial charge >= 0.3 is 0 Å². The lowest BCUT2D eigenvalue weighted by atomic mass is 10.1. The Balaban J connectivity index is 2.07. The maximum Gasteiger partial charge on any atom is 0.182 e. The summed E-state index contributed by atoms with van der Waals surface area (Å²) in [6.45, 7) is 2.22. The normalized spacial score (nSPS) is 10.6. The molecule has 4 nitrogen and oxygen atoms in total. The van der Waals surface area contributed by atoms with Crippen molar-refractivity contribution < 1.29 is 4.79 Å². The van der Waals surface area contributed by atoms with Crippen LogP contribution in [0.5, 0.6) is 0 Å². The number of unbranched alkanes of at least 4 members (excludes halogenated alkanes) is 6. The van der Waals surface area contributed by atoms with Gasteiger partial charge in [-0.15, -0.1) is 0 Å². The van der Waals surface area contributed by atoms with Crippen LogP contribution in [-0.4, -0.2) is 15.8 Å². The maximum absolute atomic E-state index is 11.7. The molecule has 0 amide bonds. The predicted octanol–water partition coefficient (Wildman–Crippen LogP) is 3.32. The van der Waals surface area contributed by atoms with Crippen LogP contribution in [0, 0.1) is 0 Å². The predicted molar refractivity (Wildman–Crippen MR) is 69.9 cm³/mol. The molecular formula is C13H23N3O. The number of Topliss-reactive ketones (excluding diaryl/α,β-unsaturated/α-hetero) is 1. The first kappa shape index (κ1) is 13.7. The summed E-state index contributed by atoms with van der Waals surface area (Å²) in [5.41, 5.74) is 6.03. The van der Waals surface area contributed by atoms with Crippen LogP contribution in [0.1, 0.15) is 68.8 Å². The van der Waals surface area contributed by atoms with Crippen molar-refractivity contribution in [3.63, 3.8) is 0 Å². The van der Waals surface area contributed by atoms with E-state index >= 15 is 0 Å². The van der Waals surface area contributed by atoms with Gasteiger partial charge in [0.05, 0.1) is 6.33 Å². The Labute approximate surface area is 103 Å². The number of aromatic amines is 1. The first-order chi connectivity index (χ1) is 8.25. The van der Waals surface area contributed by atoms with E-state index < -0.39 is 0 Å². The highest BCUT2D eigenvalue weighted by Crippen LogP contribution is 2.12. The Bertz CT molecular complexity index is 333. The minimum absolute atomic E-state index is 0.0774. The largest absolute Gasteiger partial charge is 0.382 e. The van der Waals surface area contributed by atoms with Crippen molar-refractivity contribution in [3.8, 4) is 0 Å². The molecule has 1 aromatic rings. The summed E-state index contributed by atoms with van der Waals surface area (Å²) in [6, 6.07) is 0. The molecule has 0 spiro atoms. The van der Waals surface area contributed by atoms with Crippen molar-refractivity contribution in [2.45, 2.75) is 58.3 Å². The van der Waals surface area contributed by atoms with E-state index in [0.29, 0.717) is 17.9 Å². The molecule has 1 rings (SSSR count). The highest BCUT2D eigenvalue weighted by molar-refractivity contribution is 5.98. The minimum Gasteiger partial charge on any atom is -0.382 e. The van der Waals surface area contributed by atoms with E-state index in [1.165, 1.54) is 38.4 Å². The van der Waals surface area contributed by atoms with Gasteiger partial charge in [-0.05, 0) is 6.42 Å². The summed E-state index contributed by atoms with van der Waals surface area (Å²) < 4.78 is 0. The monoisotopic (exact) mass is 237 g/mol. The first-order valence-electron chi connectivity index (χ1n) is 6.57. The molecule has 3 N–H and O–H groups in total. The van der Waals surface area contributed by atoms with Crippen LogP contribution in [0.4, 0.5) is 5.82 Å². The summed E-state index contributed by atoms with van der Waals surface area (Å²) in [4.78, 5) is 18.3. The number of aromatic nitrogens is 2. The van der Waals surface area contributed by atoms with Crippen LogP contribution in [0.2, 0.25) is 0 Å². The topological polar surface area (TPSA) is 71.8 Å². The summed E-state index contributed by atoms with van der Waals surface area (Å²) in [5.74, 6) is 0.395. The lowest BCUT2D eigenvalue weighted by molar-refractivity contribution is 0.0975. The number of carbonyl (C=O) groups is 1. The third kappa shape index (κ3) is 5.02. The van der Waals surface area contributed by atoms with Gasteiger partial charge in [-0.25, -0.2) is 4.98 Å². The van der Waals surface area contributed by atoms with Crippen LogP contribution in [0.25, 0.3) is 0 Å². The van der Waals surface area contributed by atoms with Crippen molar-refractivity contribution in [1.82, 2.24) is 9.97 Å². The third-order valence-electron chi connectivity index (χ3n) is 2.95. The van der Waals surface area contributed by atoms with E-state index in [9.17, 15) is 4.79 Å². The Morgan fingerprint density at radius 3 is 2.47 bits per heavy atom. The SMILES string of the molecule is CCCCCCCCCC(=O)c1[nH]cnc1N. The Kier molecular flexibility index (Phi) is 6.37. The molecule has 0 saturated carbocycles. The quantitative estimate of drug-likeness (QED) is 0.511. The second-order valence-corrected chi connectivity index (χ2v) is 4.46. The number of hydrogen-bond donors (Lipinski definition) is 2. The van der Waals surface area contributed by atoms with Gasteiger partial charge in [-0.1, -0.05) is 45.4 Å². The van der Waals surface area contributed by atoms with E-state index in [0.717, 1.165) is 12.8 Å². The number of imidazole rings is 1. The standard InChI is InChI=1S/C13H23N3O/c1-2-3-4-5-6-7-8-9-11(17)12-13(14)16-10-15-12/h10H,2-9,14H2,1H3,(H,15,16). The molecule has 0 aliphatic heterocycles. The zero-order valence-electron chi connectivity index (χ0n) is 10.7. The fraction of sp³-hybridized carbons (Fsp3) is 0.692. The Morgan fingerprint density at radius 1 is 1.24 bits per heavy atom. The molecule has 0 aromatic carbocycles. The van der Waals surface area contributed by atoms with E-state index in [1.807, 2.05) is 0 Å². The molecular weight excluding hydrogens is 214 g/mol. The molecule has 0 bridgehead atoms. The van der Waals surface area contributed by atoms with Gasteiger partial charge in [0.15, 0.2) is 11.6 Å². The van der Waals surface area contributed by atoms with Gasteiger partial charge in [0.2, 0.25) is 0 Å². The molecule has 0 fully saturated rings. The van der Waals surface area contributed by atoms with E-state index in [4.69, 9.17) is 5.73 Å². The summed E-state index contributed by atoms with van der Waals surface area (Å²) in [7, 11) is 0. The molecule has 0 radical (unpaired) electrons. The van der Waals surface area contributed by atoms with Crippen molar-refractivity contribution in [1.29, 1.82) is 0 Å². The van der Waals surface area contributed by atoms with Crippen molar-refractivity contribution in [3.05, 3.63) is 12.0 Å². The second kappa shape index (κ2) is 7.87. The summed E-state index contributed by atoms with van der Waals surface area (Å²) >= 11 is 0. The number of hydrogen-bond acceptors (Lipinski definition) is 3. The smallest absolute Gasteiger partial charge is 0.182 e. The number of nitrogens with zero attached hydrogens (tertiary/aromatic N) is 1. The molecule has 96 valence electrons. The number of H-pyrrole nitrogens is 1. The fourth-order valence-corrected chi connectivity index (χ4v) is 1.90. The van der Waals surface area contributed by atoms with Gasteiger partial charge in [0, 0.05) is 6.42 Å². The molecule has 0 unspecified atom stereocenters. The molecule has 0 atom stereocenters. The van der Waals surface area contributed by atoms with Crippen molar-refractivity contribution in [2.24, 2.45) is 0 Å².